The van der Waals surface area contributed by atoms with Crippen LogP contribution in [0.15, 0.2) is 12.4 Å². The third-order valence-electron chi connectivity index (χ3n) is 0.865. The zero-order valence-corrected chi connectivity index (χ0v) is 5.76. The molecule has 0 aliphatic heterocycles. The van der Waals surface area contributed by atoms with E-state index in [1.165, 1.54) is 5.55 Å². The summed E-state index contributed by atoms with van der Waals surface area (Å²) >= 11 is 4.46. The molecule has 1 aromatic rings. The number of aryl methyl sites for hydroxylation is 1. The van der Waals surface area contributed by atoms with Crippen LogP contribution in [0.3, 0.4) is 0 Å². The van der Waals surface area contributed by atoms with Gasteiger partial charge in [0.1, 0.15) is 0 Å². The summed E-state index contributed by atoms with van der Waals surface area (Å²) in [4.78, 5) is 0. The van der Waals surface area contributed by atoms with Crippen LogP contribution in [0.4, 0.5) is 0 Å². The molecule has 0 atom stereocenters. The van der Waals surface area contributed by atoms with Gasteiger partial charge in [0.25, 0.3) is 0 Å². The van der Waals surface area contributed by atoms with E-state index in [1.54, 1.807) is 17.1 Å². The third kappa shape index (κ3) is 1.50. The largest absolute Gasteiger partial charge is 0.450 e. The average Bonchev–Trinajstić information content (AvgIpc) is 2.17. The highest BCUT2D eigenvalue weighted by molar-refractivity contribution is 7.78. The first kappa shape index (κ1) is 6.22. The fourth-order valence-corrected chi connectivity index (χ4v) is 0.626. The molecule has 0 unspecified atom stereocenters. The SMILES string of the molecule is Cn1cc(OC=S)cn1. The Morgan fingerprint density at radius 3 is 3.11 bits per heavy atom. The van der Waals surface area contributed by atoms with Gasteiger partial charge in [0.15, 0.2) is 11.3 Å². The van der Waals surface area contributed by atoms with E-state index in [2.05, 4.69) is 17.3 Å². The van der Waals surface area contributed by atoms with Crippen LogP contribution in [0, 0.1) is 0 Å². The lowest BCUT2D eigenvalue weighted by molar-refractivity contribution is 0.585. The van der Waals surface area contributed by atoms with E-state index in [1.807, 2.05) is 7.05 Å². The molecule has 0 spiro atoms. The van der Waals surface area contributed by atoms with Gasteiger partial charge in [-0.3, -0.25) is 4.68 Å². The summed E-state index contributed by atoms with van der Waals surface area (Å²) in [5.41, 5.74) is 1.21. The monoisotopic (exact) mass is 142 g/mol. The molecule has 0 saturated heterocycles. The number of hydrogen-bond acceptors (Lipinski definition) is 3. The summed E-state index contributed by atoms with van der Waals surface area (Å²) < 4.78 is 6.48. The molecule has 1 rings (SSSR count). The summed E-state index contributed by atoms with van der Waals surface area (Å²) in [6.45, 7) is 0. The minimum absolute atomic E-state index is 0.674. The van der Waals surface area contributed by atoms with Gasteiger partial charge in [0, 0.05) is 7.05 Å². The second kappa shape index (κ2) is 2.59. The minimum atomic E-state index is 0.674. The van der Waals surface area contributed by atoms with Gasteiger partial charge in [0.05, 0.1) is 12.4 Å². The van der Waals surface area contributed by atoms with Crippen molar-refractivity contribution in [2.24, 2.45) is 7.05 Å². The molecule has 48 valence electrons. The molecule has 0 amide bonds. The Bertz CT molecular complexity index is 208. The number of ether oxygens (including phenoxy) is 1. The van der Waals surface area contributed by atoms with Gasteiger partial charge in [-0.1, -0.05) is 0 Å². The molecule has 3 nitrogen and oxygen atoms in total. The van der Waals surface area contributed by atoms with E-state index in [-0.39, 0.29) is 0 Å². The highest BCUT2D eigenvalue weighted by atomic mass is 32.1. The summed E-state index contributed by atoms with van der Waals surface area (Å²) in [5, 5.41) is 3.86. The van der Waals surface area contributed by atoms with E-state index in [0.717, 1.165) is 0 Å². The lowest BCUT2D eigenvalue weighted by atomic mass is 10.7. The standard InChI is InChI=1S/C5H6N2OS/c1-7-3-5(2-6-7)8-4-9/h2-4H,1H3. The van der Waals surface area contributed by atoms with Gasteiger partial charge in [-0.05, 0) is 12.2 Å². The Kier molecular flexibility index (Phi) is 1.79. The first-order valence-corrected chi connectivity index (χ1v) is 2.89. The predicted octanol–water partition coefficient (Wildman–Crippen LogP) is 0.756. The Hall–Kier alpha value is -0.900. The summed E-state index contributed by atoms with van der Waals surface area (Å²) in [7, 11) is 1.82. The van der Waals surface area contributed by atoms with Gasteiger partial charge in [0.2, 0.25) is 0 Å². The predicted molar refractivity (Wildman–Crippen MR) is 37.5 cm³/mol. The molecule has 9 heavy (non-hydrogen) atoms. The molecule has 0 aromatic carbocycles. The quantitative estimate of drug-likeness (QED) is 0.570. The van der Waals surface area contributed by atoms with Crippen molar-refractivity contribution in [3.05, 3.63) is 12.4 Å². The van der Waals surface area contributed by atoms with Crippen molar-refractivity contribution >= 4 is 17.8 Å². The third-order valence-corrected chi connectivity index (χ3v) is 0.962. The minimum Gasteiger partial charge on any atom is -0.450 e. The summed E-state index contributed by atoms with van der Waals surface area (Å²) in [6.07, 6.45) is 3.34. The van der Waals surface area contributed by atoms with Gasteiger partial charge >= 0.3 is 0 Å². The Morgan fingerprint density at radius 1 is 1.89 bits per heavy atom. The number of rotatable bonds is 2. The van der Waals surface area contributed by atoms with Crippen LogP contribution in [-0.4, -0.2) is 15.3 Å². The fraction of sp³-hybridized carbons (Fsp3) is 0.200. The highest BCUT2D eigenvalue weighted by Crippen LogP contribution is 2.04. The van der Waals surface area contributed by atoms with Crippen LogP contribution >= 0.6 is 12.2 Å². The molecule has 0 saturated carbocycles. The maximum atomic E-state index is 4.83. The molecule has 1 heterocycles. The van der Waals surface area contributed by atoms with E-state index in [0.29, 0.717) is 5.75 Å². The van der Waals surface area contributed by atoms with Crippen molar-refractivity contribution in [1.29, 1.82) is 0 Å². The molecule has 0 N–H and O–H groups in total. The van der Waals surface area contributed by atoms with E-state index < -0.39 is 0 Å². The molecule has 1 aromatic heterocycles. The second-order valence-corrected chi connectivity index (χ2v) is 1.76. The Labute approximate surface area is 58.2 Å². The molecule has 0 aliphatic rings. The molecule has 0 radical (unpaired) electrons. The van der Waals surface area contributed by atoms with Gasteiger partial charge in [-0.2, -0.15) is 5.10 Å². The van der Waals surface area contributed by atoms with Gasteiger partial charge in [-0.25, -0.2) is 0 Å². The van der Waals surface area contributed by atoms with Crippen LogP contribution in [-0.2, 0) is 7.05 Å². The second-order valence-electron chi connectivity index (χ2n) is 1.56. The Balaban J connectivity index is 2.72. The summed E-state index contributed by atoms with van der Waals surface area (Å²) in [6, 6.07) is 0. The van der Waals surface area contributed by atoms with Gasteiger partial charge < -0.3 is 4.74 Å². The van der Waals surface area contributed by atoms with Crippen LogP contribution in [0.5, 0.6) is 5.75 Å². The lowest BCUT2D eigenvalue weighted by Crippen LogP contribution is -1.85. The number of hydrogen-bond donors (Lipinski definition) is 0. The van der Waals surface area contributed by atoms with Crippen molar-refractivity contribution < 1.29 is 4.74 Å². The zero-order chi connectivity index (χ0) is 6.69. The topological polar surface area (TPSA) is 27.1 Å². The Morgan fingerprint density at radius 2 is 2.67 bits per heavy atom. The molecular formula is C5H6N2OS. The molecular weight excluding hydrogens is 136 g/mol. The normalized spacial score (nSPS) is 9.00. The lowest BCUT2D eigenvalue weighted by Gasteiger charge is -1.87. The van der Waals surface area contributed by atoms with Gasteiger partial charge in [-0.15, -0.1) is 0 Å². The van der Waals surface area contributed by atoms with E-state index >= 15 is 0 Å². The zero-order valence-electron chi connectivity index (χ0n) is 4.94. The number of aromatic nitrogens is 2. The van der Waals surface area contributed by atoms with E-state index in [9.17, 15) is 0 Å². The van der Waals surface area contributed by atoms with Crippen molar-refractivity contribution in [3.8, 4) is 5.75 Å². The van der Waals surface area contributed by atoms with Crippen LogP contribution in [0.25, 0.3) is 0 Å². The van der Waals surface area contributed by atoms with E-state index in [4.69, 9.17) is 4.74 Å². The molecule has 0 aliphatic carbocycles. The maximum absolute atomic E-state index is 4.83. The fourth-order valence-electron chi connectivity index (χ4n) is 0.515. The molecule has 0 fully saturated rings. The van der Waals surface area contributed by atoms with Crippen LogP contribution in [0.2, 0.25) is 0 Å². The molecule has 4 heteroatoms. The highest BCUT2D eigenvalue weighted by Gasteiger charge is 1.91. The van der Waals surface area contributed by atoms with Crippen molar-refractivity contribution in [1.82, 2.24) is 9.78 Å². The van der Waals surface area contributed by atoms with Crippen molar-refractivity contribution in [3.63, 3.8) is 0 Å². The smallest absolute Gasteiger partial charge is 0.165 e. The first-order chi connectivity index (χ1) is 4.33. The number of thiocarbonyl (C=S) groups is 1. The first-order valence-electron chi connectivity index (χ1n) is 2.42. The van der Waals surface area contributed by atoms with Crippen LogP contribution < -0.4 is 4.74 Å². The van der Waals surface area contributed by atoms with Crippen molar-refractivity contribution in [2.75, 3.05) is 0 Å². The maximum Gasteiger partial charge on any atom is 0.165 e. The number of nitrogens with zero attached hydrogens (tertiary/aromatic N) is 2. The van der Waals surface area contributed by atoms with Crippen LogP contribution in [0.1, 0.15) is 0 Å². The average molecular weight is 142 g/mol. The molecule has 0 bridgehead atoms. The van der Waals surface area contributed by atoms with Crippen molar-refractivity contribution in [2.45, 2.75) is 0 Å². The summed E-state index contributed by atoms with van der Waals surface area (Å²) in [5.74, 6) is 0.674.